The second kappa shape index (κ2) is 5.35. The van der Waals surface area contributed by atoms with Gasteiger partial charge in [0.2, 0.25) is 0 Å². The zero-order valence-corrected chi connectivity index (χ0v) is 12.1. The minimum absolute atomic E-state index is 0.354. The first-order valence-electron chi connectivity index (χ1n) is 6.43. The summed E-state index contributed by atoms with van der Waals surface area (Å²) in [7, 11) is 0. The molecule has 1 aliphatic heterocycles. The van der Waals surface area contributed by atoms with Gasteiger partial charge < -0.3 is 10.5 Å². The van der Waals surface area contributed by atoms with Crippen LogP contribution in [0.15, 0.2) is 28.7 Å². The summed E-state index contributed by atoms with van der Waals surface area (Å²) in [6.07, 6.45) is 2.20. The van der Waals surface area contributed by atoms with E-state index in [1.165, 1.54) is 0 Å². The second-order valence-electron chi connectivity index (χ2n) is 4.82. The molecule has 3 rings (SSSR count). The Morgan fingerprint density at radius 3 is 3.05 bits per heavy atom. The molecule has 1 unspecified atom stereocenters. The monoisotopic (exact) mass is 321 g/mol. The Hall–Kier alpha value is -1.33. The van der Waals surface area contributed by atoms with Gasteiger partial charge in [-0.05, 0) is 30.5 Å². The quantitative estimate of drug-likeness (QED) is 0.891. The Kier molecular flexibility index (Phi) is 3.57. The molecule has 1 atom stereocenters. The summed E-state index contributed by atoms with van der Waals surface area (Å²) in [5.41, 5.74) is 9.22. The number of aromatic amines is 1. The van der Waals surface area contributed by atoms with Crippen LogP contribution >= 0.6 is 15.9 Å². The second-order valence-corrected chi connectivity index (χ2v) is 5.74. The number of anilines is 1. The van der Waals surface area contributed by atoms with Crippen LogP contribution in [0.1, 0.15) is 24.5 Å². The number of nitrogen functional groups attached to an aromatic ring is 1. The van der Waals surface area contributed by atoms with Crippen LogP contribution in [0.25, 0.3) is 11.1 Å². The molecule has 100 valence electrons. The first-order chi connectivity index (χ1) is 9.25. The highest BCUT2D eigenvalue weighted by Crippen LogP contribution is 2.36. The van der Waals surface area contributed by atoms with E-state index in [0.717, 1.165) is 47.3 Å². The average molecular weight is 322 g/mol. The molecule has 19 heavy (non-hydrogen) atoms. The molecule has 2 aromatic rings. The molecule has 0 radical (unpaired) electrons. The number of hydrogen-bond donors (Lipinski definition) is 2. The molecule has 1 fully saturated rings. The fraction of sp³-hybridized carbons (Fsp3) is 0.357. The molecule has 0 aliphatic carbocycles. The Morgan fingerprint density at radius 1 is 1.42 bits per heavy atom. The van der Waals surface area contributed by atoms with Crippen LogP contribution < -0.4 is 5.73 Å². The Bertz CT molecular complexity index is 576. The van der Waals surface area contributed by atoms with E-state index in [2.05, 4.69) is 38.3 Å². The number of nitrogens with one attached hydrogen (secondary N) is 1. The number of H-pyrrole nitrogens is 1. The lowest BCUT2D eigenvalue weighted by atomic mass is 9.93. The van der Waals surface area contributed by atoms with E-state index in [9.17, 15) is 0 Å². The van der Waals surface area contributed by atoms with E-state index in [1.54, 1.807) is 0 Å². The highest BCUT2D eigenvalue weighted by Gasteiger charge is 2.23. The van der Waals surface area contributed by atoms with Crippen molar-refractivity contribution in [3.63, 3.8) is 0 Å². The van der Waals surface area contributed by atoms with E-state index < -0.39 is 0 Å². The van der Waals surface area contributed by atoms with Crippen LogP contribution in [0.3, 0.4) is 0 Å². The van der Waals surface area contributed by atoms with Crippen LogP contribution in [-0.2, 0) is 4.74 Å². The molecule has 1 aromatic carbocycles. The van der Waals surface area contributed by atoms with Crippen molar-refractivity contribution < 1.29 is 4.74 Å². The average Bonchev–Trinajstić information content (AvgIpc) is 2.82. The molecule has 1 saturated heterocycles. The predicted octanol–water partition coefficient (Wildman–Crippen LogP) is 3.32. The van der Waals surface area contributed by atoms with Gasteiger partial charge in [-0.1, -0.05) is 28.1 Å². The number of nitrogens with zero attached hydrogens (tertiary/aromatic N) is 1. The zero-order valence-electron chi connectivity index (χ0n) is 10.5. The lowest BCUT2D eigenvalue weighted by Gasteiger charge is -2.22. The van der Waals surface area contributed by atoms with Gasteiger partial charge in [0.25, 0.3) is 0 Å². The fourth-order valence-corrected chi connectivity index (χ4v) is 2.98. The van der Waals surface area contributed by atoms with Gasteiger partial charge >= 0.3 is 0 Å². The van der Waals surface area contributed by atoms with Crippen molar-refractivity contribution in [2.45, 2.75) is 18.8 Å². The van der Waals surface area contributed by atoms with Gasteiger partial charge in [0.1, 0.15) is 0 Å². The molecule has 5 heteroatoms. The standard InChI is InChI=1S/C14H16BrN3O/c15-11-5-1-3-9(7-11)12-13(17-18-14(12)16)10-4-2-6-19-8-10/h1,3,5,7,10H,2,4,6,8H2,(H3,16,17,18). The highest BCUT2D eigenvalue weighted by molar-refractivity contribution is 9.10. The summed E-state index contributed by atoms with van der Waals surface area (Å²) >= 11 is 3.50. The Balaban J connectivity index is 2.03. The predicted molar refractivity (Wildman–Crippen MR) is 78.9 cm³/mol. The third-order valence-electron chi connectivity index (χ3n) is 3.50. The number of hydrogen-bond acceptors (Lipinski definition) is 3. The summed E-state index contributed by atoms with van der Waals surface area (Å²) in [4.78, 5) is 0. The lowest BCUT2D eigenvalue weighted by Crippen LogP contribution is -2.16. The molecule has 0 saturated carbocycles. The van der Waals surface area contributed by atoms with Gasteiger partial charge in [-0.3, -0.25) is 5.10 Å². The summed E-state index contributed by atoms with van der Waals surface area (Å²) in [5, 5.41) is 7.27. The number of ether oxygens (including phenoxy) is 1. The van der Waals surface area contributed by atoms with Gasteiger partial charge in [-0.15, -0.1) is 0 Å². The van der Waals surface area contributed by atoms with Crippen molar-refractivity contribution in [3.8, 4) is 11.1 Å². The van der Waals surface area contributed by atoms with Gasteiger partial charge in [0.15, 0.2) is 5.82 Å². The van der Waals surface area contributed by atoms with E-state index in [4.69, 9.17) is 10.5 Å². The highest BCUT2D eigenvalue weighted by atomic mass is 79.9. The minimum atomic E-state index is 0.354. The molecular formula is C14H16BrN3O. The maximum absolute atomic E-state index is 6.03. The first-order valence-corrected chi connectivity index (χ1v) is 7.22. The third-order valence-corrected chi connectivity index (χ3v) is 4.00. The van der Waals surface area contributed by atoms with Crippen molar-refractivity contribution in [1.29, 1.82) is 0 Å². The number of rotatable bonds is 2. The third kappa shape index (κ3) is 2.53. The minimum Gasteiger partial charge on any atom is -0.382 e. The van der Waals surface area contributed by atoms with E-state index in [0.29, 0.717) is 11.7 Å². The number of nitrogens with two attached hydrogens (primary N) is 1. The maximum atomic E-state index is 6.03. The Labute approximate surface area is 120 Å². The summed E-state index contributed by atoms with van der Waals surface area (Å²) in [6, 6.07) is 8.13. The van der Waals surface area contributed by atoms with Gasteiger partial charge in [0, 0.05) is 22.6 Å². The number of halogens is 1. The van der Waals surface area contributed by atoms with E-state index in [-0.39, 0.29) is 0 Å². The van der Waals surface area contributed by atoms with E-state index in [1.807, 2.05) is 12.1 Å². The van der Waals surface area contributed by atoms with Crippen LogP contribution in [0.5, 0.6) is 0 Å². The van der Waals surface area contributed by atoms with Crippen molar-refractivity contribution in [2.75, 3.05) is 18.9 Å². The number of benzene rings is 1. The molecule has 0 amide bonds. The maximum Gasteiger partial charge on any atom is 0.153 e. The molecule has 4 nitrogen and oxygen atoms in total. The Morgan fingerprint density at radius 2 is 2.32 bits per heavy atom. The lowest BCUT2D eigenvalue weighted by molar-refractivity contribution is 0.0794. The van der Waals surface area contributed by atoms with Crippen molar-refractivity contribution in [1.82, 2.24) is 10.2 Å². The van der Waals surface area contributed by atoms with E-state index >= 15 is 0 Å². The van der Waals surface area contributed by atoms with Gasteiger partial charge in [0.05, 0.1) is 12.3 Å². The summed E-state index contributed by atoms with van der Waals surface area (Å²) in [5.74, 6) is 0.909. The van der Waals surface area contributed by atoms with Crippen molar-refractivity contribution >= 4 is 21.7 Å². The zero-order chi connectivity index (χ0) is 13.2. The van der Waals surface area contributed by atoms with Crippen LogP contribution in [-0.4, -0.2) is 23.4 Å². The van der Waals surface area contributed by atoms with Gasteiger partial charge in [-0.2, -0.15) is 5.10 Å². The first kappa shape index (κ1) is 12.7. The molecule has 2 heterocycles. The van der Waals surface area contributed by atoms with Crippen LogP contribution in [0.2, 0.25) is 0 Å². The molecule has 1 aromatic heterocycles. The smallest absolute Gasteiger partial charge is 0.153 e. The van der Waals surface area contributed by atoms with Crippen molar-refractivity contribution in [3.05, 3.63) is 34.4 Å². The molecule has 3 N–H and O–H groups in total. The van der Waals surface area contributed by atoms with Crippen LogP contribution in [0, 0.1) is 0 Å². The normalized spacial score (nSPS) is 19.5. The van der Waals surface area contributed by atoms with Crippen LogP contribution in [0.4, 0.5) is 5.82 Å². The largest absolute Gasteiger partial charge is 0.382 e. The number of aromatic nitrogens is 2. The van der Waals surface area contributed by atoms with Crippen molar-refractivity contribution in [2.24, 2.45) is 0 Å². The fourth-order valence-electron chi connectivity index (χ4n) is 2.58. The van der Waals surface area contributed by atoms with Gasteiger partial charge in [-0.25, -0.2) is 0 Å². The molecular weight excluding hydrogens is 306 g/mol. The molecule has 1 aliphatic rings. The SMILES string of the molecule is Nc1n[nH]c(C2CCCOC2)c1-c1cccc(Br)c1. The molecule has 0 spiro atoms. The summed E-state index contributed by atoms with van der Waals surface area (Å²) < 4.78 is 6.60. The topological polar surface area (TPSA) is 63.9 Å². The summed E-state index contributed by atoms with van der Waals surface area (Å²) in [6.45, 7) is 1.59. The molecule has 0 bridgehead atoms.